The van der Waals surface area contributed by atoms with E-state index in [1.165, 1.54) is 6.07 Å². The average Bonchev–Trinajstić information content (AvgIpc) is 2.43. The van der Waals surface area contributed by atoms with E-state index in [4.69, 9.17) is 4.74 Å². The molecule has 0 aromatic heterocycles. The van der Waals surface area contributed by atoms with Crippen molar-refractivity contribution in [3.05, 3.63) is 64.5 Å². The Morgan fingerprint density at radius 3 is 2.55 bits per heavy atom. The Kier molecular flexibility index (Phi) is 4.81. The molecular weight excluding hydrogens is 319 g/mol. The molecule has 0 saturated heterocycles. The Hall–Kier alpha value is -1.35. The van der Waals surface area contributed by atoms with Crippen LogP contribution in [-0.4, -0.2) is 6.61 Å². The van der Waals surface area contributed by atoms with Gasteiger partial charge in [0.25, 0.3) is 0 Å². The summed E-state index contributed by atoms with van der Waals surface area (Å²) in [6.07, 6.45) is 0. The van der Waals surface area contributed by atoms with E-state index in [9.17, 15) is 4.39 Å². The van der Waals surface area contributed by atoms with Crippen LogP contribution < -0.4 is 4.74 Å². The zero-order valence-electron chi connectivity index (χ0n) is 11.9. The maximum Gasteiger partial charge on any atom is 0.123 e. The summed E-state index contributed by atoms with van der Waals surface area (Å²) in [6.45, 7) is 6.59. The number of ether oxygens (including phenoxy) is 1. The van der Waals surface area contributed by atoms with Crippen LogP contribution in [0.25, 0.3) is 0 Å². The lowest BCUT2D eigenvalue weighted by atomic mass is 9.98. The van der Waals surface area contributed by atoms with Crippen molar-refractivity contribution >= 4 is 15.9 Å². The maximum absolute atomic E-state index is 13.5. The highest BCUT2D eigenvalue weighted by Crippen LogP contribution is 2.38. The molecule has 0 heterocycles. The molecule has 1 unspecified atom stereocenters. The molecule has 0 aliphatic heterocycles. The third-order valence-electron chi connectivity index (χ3n) is 3.25. The van der Waals surface area contributed by atoms with Gasteiger partial charge in [-0.1, -0.05) is 39.7 Å². The van der Waals surface area contributed by atoms with Gasteiger partial charge in [-0.3, -0.25) is 0 Å². The van der Waals surface area contributed by atoms with E-state index in [2.05, 4.69) is 22.0 Å². The minimum absolute atomic E-state index is 0.0837. The van der Waals surface area contributed by atoms with Crippen molar-refractivity contribution in [1.82, 2.24) is 0 Å². The standard InChI is InChI=1S/C17H18BrFO/c1-4-20-16-8-5-11(2)9-15(16)17(18)14-10-13(19)7-6-12(14)3/h5-10,17H,4H2,1-3H3. The van der Waals surface area contributed by atoms with Gasteiger partial charge in [-0.05, 0) is 50.1 Å². The first kappa shape index (κ1) is 15.0. The smallest absolute Gasteiger partial charge is 0.123 e. The van der Waals surface area contributed by atoms with Crippen LogP contribution in [0.4, 0.5) is 4.39 Å². The van der Waals surface area contributed by atoms with E-state index in [1.807, 2.05) is 32.9 Å². The fourth-order valence-corrected chi connectivity index (χ4v) is 3.06. The summed E-state index contributed by atoms with van der Waals surface area (Å²) in [5.41, 5.74) is 4.16. The molecule has 1 nitrogen and oxygen atoms in total. The Labute approximate surface area is 127 Å². The number of rotatable bonds is 4. The molecule has 0 aliphatic rings. The highest BCUT2D eigenvalue weighted by Gasteiger charge is 2.18. The minimum Gasteiger partial charge on any atom is -0.494 e. The summed E-state index contributed by atoms with van der Waals surface area (Å²) in [4.78, 5) is -0.0837. The van der Waals surface area contributed by atoms with Gasteiger partial charge in [0.15, 0.2) is 0 Å². The highest BCUT2D eigenvalue weighted by molar-refractivity contribution is 9.09. The van der Waals surface area contributed by atoms with Crippen LogP contribution in [0.5, 0.6) is 5.75 Å². The second-order valence-electron chi connectivity index (χ2n) is 4.84. The van der Waals surface area contributed by atoms with Crippen molar-refractivity contribution in [2.45, 2.75) is 25.6 Å². The summed E-state index contributed by atoms with van der Waals surface area (Å²) >= 11 is 3.69. The van der Waals surface area contributed by atoms with Crippen LogP contribution in [0, 0.1) is 19.7 Å². The number of halogens is 2. The van der Waals surface area contributed by atoms with Gasteiger partial charge >= 0.3 is 0 Å². The second kappa shape index (κ2) is 6.40. The lowest BCUT2D eigenvalue weighted by Gasteiger charge is -2.18. The van der Waals surface area contributed by atoms with E-state index < -0.39 is 0 Å². The summed E-state index contributed by atoms with van der Waals surface area (Å²) in [7, 11) is 0. The van der Waals surface area contributed by atoms with Crippen molar-refractivity contribution < 1.29 is 9.13 Å². The maximum atomic E-state index is 13.5. The molecule has 0 spiro atoms. The Balaban J connectivity index is 2.49. The summed E-state index contributed by atoms with van der Waals surface area (Å²) < 4.78 is 19.2. The van der Waals surface area contributed by atoms with Gasteiger partial charge in [-0.25, -0.2) is 4.39 Å². The molecule has 0 saturated carbocycles. The molecule has 1 atom stereocenters. The van der Waals surface area contributed by atoms with E-state index in [0.29, 0.717) is 6.61 Å². The van der Waals surface area contributed by atoms with Crippen LogP contribution in [-0.2, 0) is 0 Å². The van der Waals surface area contributed by atoms with Crippen LogP contribution >= 0.6 is 15.9 Å². The van der Waals surface area contributed by atoms with Gasteiger partial charge in [0, 0.05) is 5.56 Å². The van der Waals surface area contributed by atoms with Gasteiger partial charge in [-0.2, -0.15) is 0 Å². The monoisotopic (exact) mass is 336 g/mol. The van der Waals surface area contributed by atoms with Gasteiger partial charge < -0.3 is 4.74 Å². The van der Waals surface area contributed by atoms with Crippen LogP contribution in [0.2, 0.25) is 0 Å². The van der Waals surface area contributed by atoms with Gasteiger partial charge in [0.05, 0.1) is 11.4 Å². The average molecular weight is 337 g/mol. The minimum atomic E-state index is -0.222. The van der Waals surface area contributed by atoms with Crippen LogP contribution in [0.15, 0.2) is 36.4 Å². The molecule has 0 amide bonds. The summed E-state index contributed by atoms with van der Waals surface area (Å²) in [6, 6.07) is 10.9. The van der Waals surface area contributed by atoms with Crippen LogP contribution in [0.1, 0.15) is 34.0 Å². The molecule has 0 bridgehead atoms. The number of aryl methyl sites for hydroxylation is 2. The molecule has 0 N–H and O–H groups in total. The predicted octanol–water partition coefficient (Wildman–Crippen LogP) is 5.33. The third-order valence-corrected chi connectivity index (χ3v) is 4.24. The molecule has 0 aliphatic carbocycles. The molecule has 3 heteroatoms. The van der Waals surface area contributed by atoms with E-state index in [1.54, 1.807) is 12.1 Å². The largest absolute Gasteiger partial charge is 0.494 e. The zero-order chi connectivity index (χ0) is 14.7. The van der Waals surface area contributed by atoms with E-state index >= 15 is 0 Å². The molecule has 106 valence electrons. The quantitative estimate of drug-likeness (QED) is 0.686. The zero-order valence-corrected chi connectivity index (χ0v) is 13.5. The van der Waals surface area contributed by atoms with Crippen molar-refractivity contribution in [2.75, 3.05) is 6.61 Å². The fourth-order valence-electron chi connectivity index (χ4n) is 2.20. The van der Waals surface area contributed by atoms with Crippen molar-refractivity contribution in [3.63, 3.8) is 0 Å². The van der Waals surface area contributed by atoms with Crippen LogP contribution in [0.3, 0.4) is 0 Å². The lowest BCUT2D eigenvalue weighted by Crippen LogP contribution is -2.02. The number of hydrogen-bond donors (Lipinski definition) is 0. The molecule has 0 fully saturated rings. The van der Waals surface area contributed by atoms with Gasteiger partial charge in [0.2, 0.25) is 0 Å². The fraction of sp³-hybridized carbons (Fsp3) is 0.294. The summed E-state index contributed by atoms with van der Waals surface area (Å²) in [5, 5.41) is 0. The normalized spacial score (nSPS) is 12.2. The predicted molar refractivity (Wildman–Crippen MR) is 84.3 cm³/mol. The van der Waals surface area contributed by atoms with Crippen molar-refractivity contribution in [1.29, 1.82) is 0 Å². The van der Waals surface area contributed by atoms with Crippen molar-refractivity contribution in [3.8, 4) is 5.75 Å². The molecule has 20 heavy (non-hydrogen) atoms. The third kappa shape index (κ3) is 3.21. The first-order valence-corrected chi connectivity index (χ1v) is 7.58. The molecule has 2 rings (SSSR count). The number of alkyl halides is 1. The lowest BCUT2D eigenvalue weighted by molar-refractivity contribution is 0.337. The number of hydrogen-bond acceptors (Lipinski definition) is 1. The Morgan fingerprint density at radius 1 is 1.10 bits per heavy atom. The van der Waals surface area contributed by atoms with Gasteiger partial charge in [0.1, 0.15) is 11.6 Å². The SMILES string of the molecule is CCOc1ccc(C)cc1C(Br)c1cc(F)ccc1C. The molecule has 0 radical (unpaired) electrons. The summed E-state index contributed by atoms with van der Waals surface area (Å²) in [5.74, 6) is 0.615. The number of benzene rings is 2. The topological polar surface area (TPSA) is 9.23 Å². The van der Waals surface area contributed by atoms with Gasteiger partial charge in [-0.15, -0.1) is 0 Å². The Bertz CT molecular complexity index is 610. The molecule has 2 aromatic rings. The second-order valence-corrected chi connectivity index (χ2v) is 5.75. The van der Waals surface area contributed by atoms with E-state index in [-0.39, 0.29) is 10.6 Å². The molecular formula is C17H18BrFO. The highest BCUT2D eigenvalue weighted by atomic mass is 79.9. The first-order chi connectivity index (χ1) is 9.52. The Morgan fingerprint density at radius 2 is 1.85 bits per heavy atom. The van der Waals surface area contributed by atoms with E-state index in [0.717, 1.165) is 28.0 Å². The van der Waals surface area contributed by atoms with Crippen molar-refractivity contribution in [2.24, 2.45) is 0 Å². The molecule has 2 aromatic carbocycles. The first-order valence-electron chi connectivity index (χ1n) is 6.66.